The van der Waals surface area contributed by atoms with Crippen molar-refractivity contribution in [2.45, 2.75) is 58.7 Å². The van der Waals surface area contributed by atoms with Crippen molar-refractivity contribution in [1.82, 2.24) is 0 Å². The van der Waals surface area contributed by atoms with Crippen LogP contribution in [0.4, 0.5) is 0 Å². The third-order valence-electron chi connectivity index (χ3n) is 6.31. The molecule has 1 saturated carbocycles. The van der Waals surface area contributed by atoms with Gasteiger partial charge in [0.25, 0.3) is 0 Å². The maximum Gasteiger partial charge on any atom is 0.242 e. The van der Waals surface area contributed by atoms with Crippen LogP contribution in [0.2, 0.25) is 19.6 Å². The number of ketones is 1. The van der Waals surface area contributed by atoms with Crippen LogP contribution < -0.4 is 4.43 Å². The number of hydrogen-bond acceptors (Lipinski definition) is 2. The smallest absolute Gasteiger partial charge is 0.242 e. The van der Waals surface area contributed by atoms with Crippen LogP contribution in [0.15, 0.2) is 24.3 Å². The summed E-state index contributed by atoms with van der Waals surface area (Å²) < 4.78 is 6.18. The van der Waals surface area contributed by atoms with E-state index in [9.17, 15) is 4.79 Å². The lowest BCUT2D eigenvalue weighted by molar-refractivity contribution is -0.126. The van der Waals surface area contributed by atoms with Gasteiger partial charge < -0.3 is 4.43 Å². The molecule has 1 fully saturated rings. The van der Waals surface area contributed by atoms with Crippen LogP contribution in [-0.4, -0.2) is 14.1 Å². The molecule has 24 heavy (non-hydrogen) atoms. The normalized spacial score (nSPS) is 31.8. The molecule has 4 rings (SSSR count). The molecule has 0 heterocycles. The monoisotopic (exact) mass is 340 g/mol. The maximum atomic E-state index is 12.4. The van der Waals surface area contributed by atoms with E-state index in [0.29, 0.717) is 17.6 Å². The average Bonchev–Trinajstić information content (AvgIpc) is 2.81. The molecule has 2 nitrogen and oxygen atoms in total. The van der Waals surface area contributed by atoms with Crippen molar-refractivity contribution in [2.75, 3.05) is 0 Å². The Morgan fingerprint density at radius 3 is 2.71 bits per heavy atom. The summed E-state index contributed by atoms with van der Waals surface area (Å²) >= 11 is 0. The van der Waals surface area contributed by atoms with E-state index >= 15 is 0 Å². The van der Waals surface area contributed by atoms with E-state index < -0.39 is 8.32 Å². The van der Waals surface area contributed by atoms with Crippen molar-refractivity contribution >= 4 is 19.7 Å². The van der Waals surface area contributed by atoms with Crippen LogP contribution in [0.1, 0.15) is 43.7 Å². The zero-order valence-electron chi connectivity index (χ0n) is 15.3. The van der Waals surface area contributed by atoms with E-state index in [-0.39, 0.29) is 5.41 Å². The van der Waals surface area contributed by atoms with Crippen molar-refractivity contribution < 1.29 is 9.22 Å². The van der Waals surface area contributed by atoms with Crippen LogP contribution in [0, 0.1) is 17.3 Å². The highest BCUT2D eigenvalue weighted by atomic mass is 28.4. The number of allylic oxidation sites excluding steroid dienone is 2. The van der Waals surface area contributed by atoms with Gasteiger partial charge in [0.15, 0.2) is 0 Å². The van der Waals surface area contributed by atoms with Gasteiger partial charge in [-0.2, -0.15) is 0 Å². The fraction of sp³-hybridized carbons (Fsp3) is 0.571. The van der Waals surface area contributed by atoms with Crippen molar-refractivity contribution in [2.24, 2.45) is 17.3 Å². The molecule has 3 aliphatic rings. The quantitative estimate of drug-likeness (QED) is 0.689. The largest absolute Gasteiger partial charge is 0.544 e. The van der Waals surface area contributed by atoms with Crippen LogP contribution in [0.25, 0.3) is 5.57 Å². The first-order valence-corrected chi connectivity index (χ1v) is 12.7. The molecule has 0 N–H and O–H groups in total. The molecule has 0 saturated heterocycles. The van der Waals surface area contributed by atoms with Gasteiger partial charge in [0, 0.05) is 11.8 Å². The van der Waals surface area contributed by atoms with E-state index in [1.54, 1.807) is 0 Å². The maximum absolute atomic E-state index is 12.4. The van der Waals surface area contributed by atoms with Gasteiger partial charge in [-0.15, -0.1) is 0 Å². The van der Waals surface area contributed by atoms with Crippen LogP contribution in [0.5, 0.6) is 5.75 Å². The zero-order valence-corrected chi connectivity index (χ0v) is 16.3. The second-order valence-corrected chi connectivity index (χ2v) is 13.5. The van der Waals surface area contributed by atoms with Crippen molar-refractivity contribution in [3.8, 4) is 5.75 Å². The Kier molecular flexibility index (Phi) is 3.58. The summed E-state index contributed by atoms with van der Waals surface area (Å²) in [5, 5.41) is 0. The fourth-order valence-electron chi connectivity index (χ4n) is 5.15. The highest BCUT2D eigenvalue weighted by Gasteiger charge is 2.51. The lowest BCUT2D eigenvalue weighted by atomic mass is 9.60. The Labute approximate surface area is 146 Å². The minimum Gasteiger partial charge on any atom is -0.544 e. The molecule has 128 valence electrons. The summed E-state index contributed by atoms with van der Waals surface area (Å²) in [5.41, 5.74) is 4.26. The summed E-state index contributed by atoms with van der Waals surface area (Å²) in [5.74, 6) is 2.65. The summed E-state index contributed by atoms with van der Waals surface area (Å²) in [6.45, 7) is 8.89. The first kappa shape index (κ1) is 16.1. The molecule has 1 aromatic rings. The SMILES string of the molecule is C[C@]12CC=C3c4ccc(O[Si](C)(C)C)cc4CC[C@H]3[C@@H]1CCC2=O. The first-order valence-electron chi connectivity index (χ1n) is 9.34. The van der Waals surface area contributed by atoms with E-state index in [1.165, 1.54) is 23.1 Å². The lowest BCUT2D eigenvalue weighted by Gasteiger charge is -2.43. The average molecular weight is 341 g/mol. The number of aryl methyl sites for hydroxylation is 1. The molecule has 0 amide bonds. The zero-order chi connectivity index (χ0) is 17.1. The molecule has 0 unspecified atom stereocenters. The number of carbonyl (C=O) groups excluding carboxylic acids is 1. The van der Waals surface area contributed by atoms with Crippen LogP contribution in [-0.2, 0) is 11.2 Å². The van der Waals surface area contributed by atoms with E-state index in [1.807, 2.05) is 0 Å². The Hall–Kier alpha value is -1.35. The van der Waals surface area contributed by atoms with Crippen LogP contribution >= 0.6 is 0 Å². The van der Waals surface area contributed by atoms with Gasteiger partial charge >= 0.3 is 0 Å². The Morgan fingerprint density at radius 2 is 1.96 bits per heavy atom. The summed E-state index contributed by atoms with van der Waals surface area (Å²) in [4.78, 5) is 12.4. The molecule has 0 aromatic heterocycles. The minimum atomic E-state index is -1.57. The van der Waals surface area contributed by atoms with Gasteiger partial charge in [0.2, 0.25) is 8.32 Å². The number of benzene rings is 1. The van der Waals surface area contributed by atoms with E-state index in [2.05, 4.69) is 50.8 Å². The van der Waals surface area contributed by atoms with Crippen LogP contribution in [0.3, 0.4) is 0 Å². The molecule has 0 radical (unpaired) electrons. The number of rotatable bonds is 2. The summed E-state index contributed by atoms with van der Waals surface area (Å²) in [6.07, 6.45) is 7.47. The van der Waals surface area contributed by atoms with Gasteiger partial charge in [-0.3, -0.25) is 4.79 Å². The molecule has 0 aliphatic heterocycles. The standard InChI is InChI=1S/C21H28O2Si/c1-21-12-11-17-16-8-6-15(23-24(2,3)4)13-14(16)5-7-18(17)19(21)9-10-20(21)22/h6,8,11,13,18-19H,5,7,9-10,12H2,1-4H3/t18-,19+,21+/m1/s1. The van der Waals surface area contributed by atoms with Gasteiger partial charge in [-0.1, -0.05) is 19.1 Å². The molecule has 1 aromatic carbocycles. The van der Waals surface area contributed by atoms with E-state index in [4.69, 9.17) is 4.43 Å². The highest BCUT2D eigenvalue weighted by Crippen LogP contribution is 2.57. The summed E-state index contributed by atoms with van der Waals surface area (Å²) in [7, 11) is -1.57. The third-order valence-corrected chi connectivity index (χ3v) is 7.15. The van der Waals surface area contributed by atoms with E-state index in [0.717, 1.165) is 31.4 Å². The lowest BCUT2D eigenvalue weighted by Crippen LogP contribution is -2.38. The molecular formula is C21H28O2Si. The van der Waals surface area contributed by atoms with Gasteiger partial charge in [0.1, 0.15) is 11.5 Å². The van der Waals surface area contributed by atoms with Crippen molar-refractivity contribution in [1.29, 1.82) is 0 Å². The topological polar surface area (TPSA) is 26.3 Å². The van der Waals surface area contributed by atoms with Crippen molar-refractivity contribution in [3.63, 3.8) is 0 Å². The predicted molar refractivity (Wildman–Crippen MR) is 101 cm³/mol. The Balaban J connectivity index is 1.69. The molecule has 0 spiro atoms. The molecule has 3 atom stereocenters. The summed E-state index contributed by atoms with van der Waals surface area (Å²) in [6, 6.07) is 6.67. The van der Waals surface area contributed by atoms with Crippen molar-refractivity contribution in [3.05, 3.63) is 35.4 Å². The first-order chi connectivity index (χ1) is 11.3. The second kappa shape index (κ2) is 5.32. The fourth-order valence-corrected chi connectivity index (χ4v) is 5.99. The molecule has 3 heteroatoms. The van der Waals surface area contributed by atoms with Gasteiger partial charge in [-0.25, -0.2) is 0 Å². The third kappa shape index (κ3) is 2.48. The molecular weight excluding hydrogens is 312 g/mol. The predicted octanol–water partition coefficient (Wildman–Crippen LogP) is 5.24. The number of fused-ring (bicyclic) bond motifs is 5. The molecule has 3 aliphatic carbocycles. The van der Waals surface area contributed by atoms with Gasteiger partial charge in [-0.05, 0) is 86.0 Å². The number of hydrogen-bond donors (Lipinski definition) is 0. The Bertz CT molecular complexity index is 728. The highest BCUT2D eigenvalue weighted by molar-refractivity contribution is 6.70. The number of carbonyl (C=O) groups is 1. The Morgan fingerprint density at radius 1 is 1.17 bits per heavy atom. The minimum absolute atomic E-state index is 0.0907. The molecule has 0 bridgehead atoms. The second-order valence-electron chi connectivity index (χ2n) is 9.03. The number of Topliss-reactive ketones (excluding diaryl/α,β-unsaturated/α-hetero) is 1. The van der Waals surface area contributed by atoms with Gasteiger partial charge in [0.05, 0.1) is 0 Å².